The SMILES string of the molecule is CCCCCC(C)(C)CNC(=O)C1CCCCC1CN. The Bertz CT molecular complexity index is 289. The number of carbonyl (C=O) groups excluding carboxylic acids is 1. The number of nitrogens with one attached hydrogen (secondary N) is 1. The number of nitrogens with two attached hydrogens (primary N) is 1. The summed E-state index contributed by atoms with van der Waals surface area (Å²) in [6.07, 6.45) is 9.53. The molecule has 118 valence electrons. The van der Waals surface area contributed by atoms with Gasteiger partial charge in [-0.15, -0.1) is 0 Å². The van der Waals surface area contributed by atoms with Gasteiger partial charge in [0.25, 0.3) is 0 Å². The van der Waals surface area contributed by atoms with Crippen LogP contribution in [0.25, 0.3) is 0 Å². The molecule has 0 heterocycles. The Morgan fingerprint density at radius 3 is 2.60 bits per heavy atom. The summed E-state index contributed by atoms with van der Waals surface area (Å²) in [5.41, 5.74) is 6.02. The molecule has 1 fully saturated rings. The highest BCUT2D eigenvalue weighted by Gasteiger charge is 2.30. The Morgan fingerprint density at radius 1 is 1.25 bits per heavy atom. The van der Waals surface area contributed by atoms with Crippen LogP contribution in [0.4, 0.5) is 0 Å². The van der Waals surface area contributed by atoms with Gasteiger partial charge in [0.1, 0.15) is 0 Å². The molecule has 3 nitrogen and oxygen atoms in total. The van der Waals surface area contributed by atoms with Crippen LogP contribution in [0.5, 0.6) is 0 Å². The van der Waals surface area contributed by atoms with Crippen molar-refractivity contribution < 1.29 is 4.79 Å². The van der Waals surface area contributed by atoms with Crippen LogP contribution in [0.15, 0.2) is 0 Å². The molecule has 20 heavy (non-hydrogen) atoms. The van der Waals surface area contributed by atoms with Crippen molar-refractivity contribution in [3.05, 3.63) is 0 Å². The molecule has 3 N–H and O–H groups in total. The standard InChI is InChI=1S/C17H34N2O/c1-4-5-8-11-17(2,3)13-19-16(20)15-10-7-6-9-14(15)12-18/h14-15H,4-13,18H2,1-3H3,(H,19,20). The molecular weight excluding hydrogens is 248 g/mol. The van der Waals surface area contributed by atoms with Gasteiger partial charge in [-0.1, -0.05) is 52.9 Å². The van der Waals surface area contributed by atoms with Crippen molar-refractivity contribution in [3.63, 3.8) is 0 Å². The minimum atomic E-state index is 0.153. The minimum absolute atomic E-state index is 0.153. The molecule has 1 rings (SSSR count). The van der Waals surface area contributed by atoms with E-state index < -0.39 is 0 Å². The fourth-order valence-corrected chi connectivity index (χ4v) is 3.23. The molecule has 1 saturated carbocycles. The van der Waals surface area contributed by atoms with Gasteiger partial charge in [0, 0.05) is 12.5 Å². The fraction of sp³-hybridized carbons (Fsp3) is 0.941. The second-order valence-corrected chi connectivity index (χ2v) is 7.23. The van der Waals surface area contributed by atoms with Crippen LogP contribution in [0.3, 0.4) is 0 Å². The molecule has 2 atom stereocenters. The number of carbonyl (C=O) groups is 1. The first-order valence-corrected chi connectivity index (χ1v) is 8.48. The first-order valence-electron chi connectivity index (χ1n) is 8.48. The lowest BCUT2D eigenvalue weighted by atomic mass is 9.78. The normalized spacial score (nSPS) is 23.6. The van der Waals surface area contributed by atoms with E-state index in [-0.39, 0.29) is 17.2 Å². The molecular formula is C17H34N2O. The van der Waals surface area contributed by atoms with Gasteiger partial charge in [0.2, 0.25) is 5.91 Å². The first-order chi connectivity index (χ1) is 9.50. The Hall–Kier alpha value is -0.570. The van der Waals surface area contributed by atoms with E-state index >= 15 is 0 Å². The molecule has 2 unspecified atom stereocenters. The van der Waals surface area contributed by atoms with Crippen molar-refractivity contribution in [1.29, 1.82) is 0 Å². The molecule has 1 amide bonds. The second kappa shape index (κ2) is 8.66. The molecule has 1 aliphatic carbocycles. The maximum absolute atomic E-state index is 12.4. The van der Waals surface area contributed by atoms with E-state index in [1.165, 1.54) is 38.5 Å². The maximum Gasteiger partial charge on any atom is 0.223 e. The Labute approximate surface area is 125 Å². The Balaban J connectivity index is 2.37. The molecule has 0 radical (unpaired) electrons. The summed E-state index contributed by atoms with van der Waals surface area (Å²) in [4.78, 5) is 12.4. The van der Waals surface area contributed by atoms with Crippen LogP contribution in [-0.4, -0.2) is 19.0 Å². The van der Waals surface area contributed by atoms with Crippen LogP contribution in [-0.2, 0) is 4.79 Å². The third-order valence-electron chi connectivity index (χ3n) is 4.75. The number of amides is 1. The number of rotatable bonds is 8. The van der Waals surface area contributed by atoms with Crippen LogP contribution < -0.4 is 11.1 Å². The molecule has 0 aromatic rings. The molecule has 3 heteroatoms. The van der Waals surface area contributed by atoms with Gasteiger partial charge in [-0.3, -0.25) is 4.79 Å². The summed E-state index contributed by atoms with van der Waals surface area (Å²) in [7, 11) is 0. The summed E-state index contributed by atoms with van der Waals surface area (Å²) in [6, 6.07) is 0. The van der Waals surface area contributed by atoms with Crippen molar-refractivity contribution in [1.82, 2.24) is 5.32 Å². The van der Waals surface area contributed by atoms with E-state index in [1.807, 2.05) is 0 Å². The van der Waals surface area contributed by atoms with Crippen LogP contribution >= 0.6 is 0 Å². The molecule has 0 aromatic carbocycles. The summed E-state index contributed by atoms with van der Waals surface area (Å²) in [6.45, 7) is 8.18. The minimum Gasteiger partial charge on any atom is -0.355 e. The van der Waals surface area contributed by atoms with Gasteiger partial charge in [0.05, 0.1) is 0 Å². The van der Waals surface area contributed by atoms with Gasteiger partial charge in [0.15, 0.2) is 0 Å². The summed E-state index contributed by atoms with van der Waals surface area (Å²) in [5, 5.41) is 3.19. The zero-order valence-electron chi connectivity index (χ0n) is 13.7. The quantitative estimate of drug-likeness (QED) is 0.670. The number of hydrogen-bond donors (Lipinski definition) is 2. The monoisotopic (exact) mass is 282 g/mol. The zero-order chi connectivity index (χ0) is 15.0. The highest BCUT2D eigenvalue weighted by molar-refractivity contribution is 5.79. The van der Waals surface area contributed by atoms with E-state index in [4.69, 9.17) is 5.73 Å². The second-order valence-electron chi connectivity index (χ2n) is 7.23. The third kappa shape index (κ3) is 5.82. The molecule has 0 saturated heterocycles. The van der Waals surface area contributed by atoms with Crippen LogP contribution in [0, 0.1) is 17.3 Å². The van der Waals surface area contributed by atoms with E-state index in [1.54, 1.807) is 0 Å². The molecule has 0 aliphatic heterocycles. The average Bonchev–Trinajstić information content (AvgIpc) is 2.45. The van der Waals surface area contributed by atoms with Crippen molar-refractivity contribution in [2.24, 2.45) is 23.0 Å². The summed E-state index contributed by atoms with van der Waals surface area (Å²) >= 11 is 0. The number of unbranched alkanes of at least 4 members (excludes halogenated alkanes) is 2. The maximum atomic E-state index is 12.4. The highest BCUT2D eigenvalue weighted by atomic mass is 16.1. The van der Waals surface area contributed by atoms with Gasteiger partial charge in [-0.25, -0.2) is 0 Å². The predicted molar refractivity (Wildman–Crippen MR) is 85.4 cm³/mol. The Kier molecular flexibility index (Phi) is 7.57. The zero-order valence-corrected chi connectivity index (χ0v) is 13.7. The highest BCUT2D eigenvalue weighted by Crippen LogP contribution is 2.30. The van der Waals surface area contributed by atoms with E-state index in [2.05, 4.69) is 26.1 Å². The Morgan fingerprint density at radius 2 is 1.95 bits per heavy atom. The fourth-order valence-electron chi connectivity index (χ4n) is 3.23. The summed E-state index contributed by atoms with van der Waals surface area (Å²) in [5.74, 6) is 0.788. The van der Waals surface area contributed by atoms with Gasteiger partial charge in [-0.05, 0) is 37.1 Å². The topological polar surface area (TPSA) is 55.1 Å². The van der Waals surface area contributed by atoms with Crippen molar-refractivity contribution in [3.8, 4) is 0 Å². The van der Waals surface area contributed by atoms with E-state index in [0.717, 1.165) is 19.4 Å². The largest absolute Gasteiger partial charge is 0.355 e. The van der Waals surface area contributed by atoms with Crippen LogP contribution in [0.1, 0.15) is 72.1 Å². The lowest BCUT2D eigenvalue weighted by Gasteiger charge is -2.31. The smallest absolute Gasteiger partial charge is 0.223 e. The van der Waals surface area contributed by atoms with E-state index in [9.17, 15) is 4.79 Å². The van der Waals surface area contributed by atoms with Crippen LogP contribution in [0.2, 0.25) is 0 Å². The van der Waals surface area contributed by atoms with E-state index in [0.29, 0.717) is 12.5 Å². The lowest BCUT2D eigenvalue weighted by molar-refractivity contribution is -0.128. The molecule has 0 bridgehead atoms. The third-order valence-corrected chi connectivity index (χ3v) is 4.75. The molecule has 0 spiro atoms. The summed E-state index contributed by atoms with van der Waals surface area (Å²) < 4.78 is 0. The van der Waals surface area contributed by atoms with Gasteiger partial charge in [-0.2, -0.15) is 0 Å². The molecule has 1 aliphatic rings. The van der Waals surface area contributed by atoms with Crippen molar-refractivity contribution in [2.45, 2.75) is 72.1 Å². The van der Waals surface area contributed by atoms with Crippen molar-refractivity contribution >= 4 is 5.91 Å². The van der Waals surface area contributed by atoms with Crippen molar-refractivity contribution in [2.75, 3.05) is 13.1 Å². The average molecular weight is 282 g/mol. The first kappa shape index (κ1) is 17.5. The molecule has 0 aromatic heterocycles. The van der Waals surface area contributed by atoms with Gasteiger partial charge >= 0.3 is 0 Å². The lowest BCUT2D eigenvalue weighted by Crippen LogP contribution is -2.42. The van der Waals surface area contributed by atoms with Gasteiger partial charge < -0.3 is 11.1 Å². The number of hydrogen-bond acceptors (Lipinski definition) is 2. The predicted octanol–water partition coefficient (Wildman–Crippen LogP) is 3.47.